The molecule has 2 aliphatic heterocycles. The largest absolute Gasteiger partial charge is 0.273 e. The number of hydrogen-bond acceptors (Lipinski definition) is 6. The second kappa shape index (κ2) is 7.85. The summed E-state index contributed by atoms with van der Waals surface area (Å²) in [5.74, 6) is -1.75. The van der Waals surface area contributed by atoms with Gasteiger partial charge in [0.15, 0.2) is 6.10 Å². The molecule has 2 saturated heterocycles. The van der Waals surface area contributed by atoms with E-state index in [0.717, 1.165) is 4.90 Å². The first-order valence-corrected chi connectivity index (χ1v) is 10.6. The Bertz CT molecular complexity index is 1240. The van der Waals surface area contributed by atoms with Crippen LogP contribution in [0.2, 0.25) is 0 Å². The van der Waals surface area contributed by atoms with Gasteiger partial charge in [-0.25, -0.2) is 9.96 Å². The Kier molecular flexibility index (Phi) is 4.99. The van der Waals surface area contributed by atoms with Gasteiger partial charge < -0.3 is 0 Å². The molecule has 8 nitrogen and oxygen atoms in total. The lowest BCUT2D eigenvalue weighted by molar-refractivity contribution is -0.384. The summed E-state index contributed by atoms with van der Waals surface area (Å²) in [5, 5.41) is 12.9. The Morgan fingerprint density at radius 2 is 1.62 bits per heavy atom. The van der Waals surface area contributed by atoms with E-state index in [0.29, 0.717) is 21.4 Å². The molecule has 0 radical (unpaired) electrons. The van der Waals surface area contributed by atoms with Gasteiger partial charge in [0.2, 0.25) is 5.91 Å². The third kappa shape index (κ3) is 3.17. The number of carbonyl (C=O) groups is 2. The predicted molar refractivity (Wildman–Crippen MR) is 120 cm³/mol. The Balaban J connectivity index is 1.62. The molecule has 2 fully saturated rings. The summed E-state index contributed by atoms with van der Waals surface area (Å²) in [6.45, 7) is 0. The fourth-order valence-electron chi connectivity index (χ4n) is 4.25. The van der Waals surface area contributed by atoms with Crippen LogP contribution in [0.5, 0.6) is 0 Å². The van der Waals surface area contributed by atoms with Crippen LogP contribution in [0.3, 0.4) is 0 Å². The summed E-state index contributed by atoms with van der Waals surface area (Å²) in [4.78, 5) is 44.9. The number of benzene rings is 3. The summed E-state index contributed by atoms with van der Waals surface area (Å²) in [6, 6.07) is 21.4. The van der Waals surface area contributed by atoms with Crippen molar-refractivity contribution in [2.24, 2.45) is 5.92 Å². The van der Waals surface area contributed by atoms with Crippen molar-refractivity contribution in [1.82, 2.24) is 0 Å². The molecule has 0 aliphatic carbocycles. The number of rotatable bonds is 4. The topological polar surface area (TPSA) is 93.0 Å². The number of nitro groups is 1. The maximum Gasteiger partial charge on any atom is 0.269 e. The van der Waals surface area contributed by atoms with Crippen molar-refractivity contribution in [3.05, 3.63) is 99.0 Å². The minimum Gasteiger partial charge on any atom is -0.273 e. The molecule has 2 amide bonds. The average Bonchev–Trinajstić information content (AvgIpc) is 3.31. The van der Waals surface area contributed by atoms with Crippen molar-refractivity contribution in [3.8, 4) is 0 Å². The third-order valence-electron chi connectivity index (χ3n) is 5.64. The van der Waals surface area contributed by atoms with Crippen molar-refractivity contribution < 1.29 is 19.3 Å². The van der Waals surface area contributed by atoms with Crippen LogP contribution in [0.1, 0.15) is 11.6 Å². The molecule has 2 aliphatic rings. The Morgan fingerprint density at radius 1 is 0.906 bits per heavy atom. The number of anilines is 2. The number of amides is 2. The number of nitrogens with zero attached hydrogens (tertiary/aromatic N) is 3. The van der Waals surface area contributed by atoms with Gasteiger partial charge in [0.25, 0.3) is 11.6 Å². The molecule has 9 heteroatoms. The number of halogens is 1. The van der Waals surface area contributed by atoms with E-state index in [-0.39, 0.29) is 5.69 Å². The molecule has 0 unspecified atom stereocenters. The summed E-state index contributed by atoms with van der Waals surface area (Å²) < 4.78 is 0.605. The molecular formula is C23H16BrN3O5. The van der Waals surface area contributed by atoms with E-state index in [9.17, 15) is 19.7 Å². The lowest BCUT2D eigenvalue weighted by Crippen LogP contribution is -2.37. The van der Waals surface area contributed by atoms with Crippen molar-refractivity contribution in [3.63, 3.8) is 0 Å². The number of para-hydroxylation sites is 2. The van der Waals surface area contributed by atoms with Crippen LogP contribution in [0.15, 0.2) is 83.3 Å². The molecule has 0 saturated carbocycles. The molecule has 3 aromatic rings. The van der Waals surface area contributed by atoms with Crippen LogP contribution in [0, 0.1) is 16.0 Å². The number of fused-ring (bicyclic) bond motifs is 1. The Hall–Kier alpha value is -3.56. The SMILES string of the molecule is O=C1[C@@H]2[C@@H](ON(c3ccccc3)[C@H]2c2cccc([N+](=O)[O-])c2)C(=O)N1c1ccccc1Br. The van der Waals surface area contributed by atoms with Gasteiger partial charge in [-0.1, -0.05) is 42.5 Å². The highest BCUT2D eigenvalue weighted by atomic mass is 79.9. The van der Waals surface area contributed by atoms with Gasteiger partial charge in [-0.3, -0.25) is 24.5 Å². The second-order valence-corrected chi connectivity index (χ2v) is 8.33. The molecule has 5 rings (SSSR count). The highest BCUT2D eigenvalue weighted by Gasteiger charge is 2.60. The highest BCUT2D eigenvalue weighted by molar-refractivity contribution is 9.10. The Labute approximate surface area is 191 Å². The van der Waals surface area contributed by atoms with Crippen LogP contribution >= 0.6 is 15.9 Å². The van der Waals surface area contributed by atoms with E-state index in [1.165, 1.54) is 17.2 Å². The van der Waals surface area contributed by atoms with Crippen molar-refractivity contribution in [2.75, 3.05) is 9.96 Å². The molecule has 2 heterocycles. The number of imide groups is 1. The fourth-order valence-corrected chi connectivity index (χ4v) is 4.71. The normalized spacial score (nSPS) is 22.3. The van der Waals surface area contributed by atoms with Crippen LogP contribution < -0.4 is 9.96 Å². The van der Waals surface area contributed by atoms with Crippen LogP contribution in [-0.2, 0) is 14.4 Å². The van der Waals surface area contributed by atoms with Gasteiger partial charge in [-0.15, -0.1) is 0 Å². The smallest absolute Gasteiger partial charge is 0.269 e. The molecule has 3 aromatic carbocycles. The first-order chi connectivity index (χ1) is 15.5. The Morgan fingerprint density at radius 3 is 2.34 bits per heavy atom. The molecule has 3 atom stereocenters. The van der Waals surface area contributed by atoms with Crippen LogP contribution in [-0.4, -0.2) is 22.8 Å². The zero-order valence-electron chi connectivity index (χ0n) is 16.5. The average molecular weight is 494 g/mol. The molecule has 0 N–H and O–H groups in total. The van der Waals surface area contributed by atoms with E-state index < -0.39 is 34.8 Å². The van der Waals surface area contributed by atoms with Crippen molar-refractivity contribution >= 4 is 44.8 Å². The van der Waals surface area contributed by atoms with Gasteiger partial charge >= 0.3 is 0 Å². The van der Waals surface area contributed by atoms with Gasteiger partial charge in [-0.05, 0) is 45.8 Å². The number of non-ortho nitro benzene ring substituents is 1. The maximum atomic E-state index is 13.6. The van der Waals surface area contributed by atoms with E-state index in [1.54, 1.807) is 48.5 Å². The first kappa shape index (κ1) is 20.3. The minimum atomic E-state index is -1.04. The standard InChI is InChI=1S/C23H16BrN3O5/c24-17-11-4-5-12-18(17)25-22(28)19-20(14-7-6-10-16(13-14)27(30)31)26(32-21(19)23(25)29)15-8-2-1-3-9-15/h1-13,19-21H/t19-,20-,21+/m0/s1. The van der Waals surface area contributed by atoms with Crippen molar-refractivity contribution in [1.29, 1.82) is 0 Å². The summed E-state index contributed by atoms with van der Waals surface area (Å²) in [6.07, 6.45) is -1.04. The van der Waals surface area contributed by atoms with E-state index in [4.69, 9.17) is 4.84 Å². The van der Waals surface area contributed by atoms with Crippen LogP contribution in [0.25, 0.3) is 0 Å². The highest BCUT2D eigenvalue weighted by Crippen LogP contribution is 2.48. The summed E-state index contributed by atoms with van der Waals surface area (Å²) in [5.41, 5.74) is 1.50. The van der Waals surface area contributed by atoms with Gasteiger partial charge in [0.1, 0.15) is 5.92 Å². The number of hydrogen-bond donors (Lipinski definition) is 0. The van der Waals surface area contributed by atoms with E-state index in [2.05, 4.69) is 15.9 Å². The van der Waals surface area contributed by atoms with Crippen LogP contribution in [0.4, 0.5) is 17.1 Å². The quantitative estimate of drug-likeness (QED) is 0.303. The predicted octanol–water partition coefficient (Wildman–Crippen LogP) is 4.41. The first-order valence-electron chi connectivity index (χ1n) is 9.85. The van der Waals surface area contributed by atoms with E-state index in [1.807, 2.05) is 18.2 Å². The molecule has 0 spiro atoms. The lowest BCUT2D eigenvalue weighted by Gasteiger charge is -2.28. The zero-order chi connectivity index (χ0) is 22.4. The fraction of sp³-hybridized carbons (Fsp3) is 0.130. The third-order valence-corrected chi connectivity index (χ3v) is 6.31. The molecule has 0 aromatic heterocycles. The second-order valence-electron chi connectivity index (χ2n) is 7.47. The summed E-state index contributed by atoms with van der Waals surface area (Å²) >= 11 is 3.40. The lowest BCUT2D eigenvalue weighted by atomic mass is 9.90. The molecule has 32 heavy (non-hydrogen) atoms. The molecule has 0 bridgehead atoms. The van der Waals surface area contributed by atoms with Gasteiger partial charge in [0, 0.05) is 16.6 Å². The number of carbonyl (C=O) groups excluding carboxylic acids is 2. The summed E-state index contributed by atoms with van der Waals surface area (Å²) in [7, 11) is 0. The van der Waals surface area contributed by atoms with Gasteiger partial charge in [-0.2, -0.15) is 0 Å². The van der Waals surface area contributed by atoms with Gasteiger partial charge in [0.05, 0.1) is 22.3 Å². The minimum absolute atomic E-state index is 0.0987. The maximum absolute atomic E-state index is 13.6. The number of hydroxylamine groups is 1. The van der Waals surface area contributed by atoms with E-state index >= 15 is 0 Å². The molecule has 160 valence electrons. The van der Waals surface area contributed by atoms with Crippen molar-refractivity contribution in [2.45, 2.75) is 12.1 Å². The molecular weight excluding hydrogens is 478 g/mol. The monoisotopic (exact) mass is 493 g/mol. The zero-order valence-corrected chi connectivity index (χ0v) is 18.1. The number of nitro benzene ring substituents is 1.